The Bertz CT molecular complexity index is 799. The molecule has 0 spiro atoms. The predicted molar refractivity (Wildman–Crippen MR) is 102 cm³/mol. The van der Waals surface area contributed by atoms with Crippen molar-refractivity contribution in [2.24, 2.45) is 0 Å². The molecule has 1 atom stereocenters. The van der Waals surface area contributed by atoms with E-state index < -0.39 is 0 Å². The molecule has 1 unspecified atom stereocenters. The lowest BCUT2D eigenvalue weighted by Crippen LogP contribution is -2.33. The lowest BCUT2D eigenvalue weighted by atomic mass is 10.0. The van der Waals surface area contributed by atoms with E-state index in [0.717, 1.165) is 44.5 Å². The van der Waals surface area contributed by atoms with Crippen LogP contribution < -0.4 is 10.9 Å². The molecule has 138 valence electrons. The van der Waals surface area contributed by atoms with Crippen LogP contribution in [0.5, 0.6) is 0 Å². The molecule has 0 radical (unpaired) electrons. The second-order valence-electron chi connectivity index (χ2n) is 6.89. The van der Waals surface area contributed by atoms with Crippen LogP contribution in [0.25, 0.3) is 0 Å². The van der Waals surface area contributed by atoms with Crippen molar-refractivity contribution in [3.63, 3.8) is 0 Å². The number of amides is 1. The maximum absolute atomic E-state index is 12.7. The molecule has 0 saturated heterocycles. The molecule has 2 aromatic rings. The Labute approximate surface area is 154 Å². The van der Waals surface area contributed by atoms with Crippen molar-refractivity contribution in [3.05, 3.63) is 63.8 Å². The van der Waals surface area contributed by atoms with Gasteiger partial charge in [0.05, 0.1) is 11.6 Å². The van der Waals surface area contributed by atoms with E-state index in [9.17, 15) is 9.59 Å². The summed E-state index contributed by atoms with van der Waals surface area (Å²) in [4.78, 5) is 29.8. The zero-order valence-corrected chi connectivity index (χ0v) is 15.4. The summed E-state index contributed by atoms with van der Waals surface area (Å²) in [7, 11) is 0. The summed E-state index contributed by atoms with van der Waals surface area (Å²) in [6.45, 7) is 3.29. The fourth-order valence-corrected chi connectivity index (χ4v) is 3.54. The zero-order valence-electron chi connectivity index (χ0n) is 15.4. The van der Waals surface area contributed by atoms with Crippen molar-refractivity contribution in [3.8, 4) is 0 Å². The molecule has 1 aliphatic rings. The first-order valence-electron chi connectivity index (χ1n) is 9.61. The number of aromatic nitrogens is 2. The van der Waals surface area contributed by atoms with Crippen LogP contribution in [-0.4, -0.2) is 22.0 Å². The third-order valence-corrected chi connectivity index (χ3v) is 5.03. The molecule has 5 nitrogen and oxygen atoms in total. The molecule has 5 heteroatoms. The first-order valence-corrected chi connectivity index (χ1v) is 9.61. The molecule has 26 heavy (non-hydrogen) atoms. The van der Waals surface area contributed by atoms with Crippen molar-refractivity contribution in [2.45, 2.75) is 57.9 Å². The fourth-order valence-electron chi connectivity index (χ4n) is 3.54. The summed E-state index contributed by atoms with van der Waals surface area (Å²) >= 11 is 0. The highest BCUT2D eigenvalue weighted by Crippen LogP contribution is 2.19. The SMILES string of the molecule is CCC(C(=O)NCCc1ccccc1)c1cc(=O)n2c(n1)CCCCC2. The smallest absolute Gasteiger partial charge is 0.253 e. The first-order chi connectivity index (χ1) is 12.7. The van der Waals surface area contributed by atoms with Gasteiger partial charge in [0.1, 0.15) is 5.82 Å². The van der Waals surface area contributed by atoms with E-state index >= 15 is 0 Å². The van der Waals surface area contributed by atoms with E-state index in [1.165, 1.54) is 5.56 Å². The number of nitrogens with one attached hydrogen (secondary N) is 1. The average molecular weight is 353 g/mol. The standard InChI is InChI=1S/C21H27N3O2/c1-2-17(21(26)22-13-12-16-9-5-3-6-10-16)18-15-20(25)24-14-8-4-7-11-19(24)23-18/h3,5-6,9-10,15,17H,2,4,7-8,11-14H2,1H3,(H,22,26). The summed E-state index contributed by atoms with van der Waals surface area (Å²) in [6.07, 6.45) is 5.43. The van der Waals surface area contributed by atoms with Gasteiger partial charge in [-0.3, -0.25) is 14.2 Å². The van der Waals surface area contributed by atoms with Crippen LogP contribution >= 0.6 is 0 Å². The minimum Gasteiger partial charge on any atom is -0.355 e. The highest BCUT2D eigenvalue weighted by atomic mass is 16.2. The minimum atomic E-state index is -0.368. The largest absolute Gasteiger partial charge is 0.355 e. The number of fused-ring (bicyclic) bond motifs is 1. The van der Waals surface area contributed by atoms with Crippen LogP contribution in [0.15, 0.2) is 41.2 Å². The molecule has 0 saturated carbocycles. The van der Waals surface area contributed by atoms with Gasteiger partial charge in [-0.1, -0.05) is 43.7 Å². The van der Waals surface area contributed by atoms with Gasteiger partial charge in [0, 0.05) is 25.6 Å². The first kappa shape index (κ1) is 18.4. The van der Waals surface area contributed by atoms with E-state index in [0.29, 0.717) is 18.7 Å². The summed E-state index contributed by atoms with van der Waals surface area (Å²) in [6, 6.07) is 11.6. The van der Waals surface area contributed by atoms with Crippen LogP contribution in [0.3, 0.4) is 0 Å². The van der Waals surface area contributed by atoms with E-state index in [1.807, 2.05) is 25.1 Å². The normalized spacial score (nSPS) is 15.0. The Balaban J connectivity index is 1.69. The summed E-state index contributed by atoms with van der Waals surface area (Å²) in [5.74, 6) is 0.419. The second-order valence-corrected chi connectivity index (χ2v) is 6.89. The number of rotatable bonds is 6. The molecule has 1 N–H and O–H groups in total. The van der Waals surface area contributed by atoms with Crippen molar-refractivity contribution in [2.75, 3.05) is 6.54 Å². The quantitative estimate of drug-likeness (QED) is 0.868. The van der Waals surface area contributed by atoms with Crippen LogP contribution in [0.2, 0.25) is 0 Å². The van der Waals surface area contributed by atoms with Crippen molar-refractivity contribution >= 4 is 5.91 Å². The number of nitrogens with zero attached hydrogens (tertiary/aromatic N) is 2. The van der Waals surface area contributed by atoms with Gasteiger partial charge >= 0.3 is 0 Å². The third kappa shape index (κ3) is 4.40. The van der Waals surface area contributed by atoms with Gasteiger partial charge in [-0.15, -0.1) is 0 Å². The van der Waals surface area contributed by atoms with Crippen LogP contribution in [0.1, 0.15) is 55.6 Å². The van der Waals surface area contributed by atoms with Crippen LogP contribution in [0.4, 0.5) is 0 Å². The Hall–Kier alpha value is -2.43. The number of carbonyl (C=O) groups excluding carboxylic acids is 1. The maximum Gasteiger partial charge on any atom is 0.253 e. The average Bonchev–Trinajstić information content (AvgIpc) is 2.89. The highest BCUT2D eigenvalue weighted by molar-refractivity contribution is 5.83. The van der Waals surface area contributed by atoms with Crippen molar-refractivity contribution in [1.29, 1.82) is 0 Å². The molecular formula is C21H27N3O2. The van der Waals surface area contributed by atoms with Crippen LogP contribution in [-0.2, 0) is 24.2 Å². The van der Waals surface area contributed by atoms with Crippen molar-refractivity contribution < 1.29 is 4.79 Å². The van der Waals surface area contributed by atoms with Gasteiger partial charge in [0.25, 0.3) is 5.56 Å². The Morgan fingerprint density at radius 3 is 2.81 bits per heavy atom. The second kappa shape index (κ2) is 8.79. The van der Waals surface area contributed by atoms with E-state index in [2.05, 4.69) is 17.4 Å². The summed E-state index contributed by atoms with van der Waals surface area (Å²) in [5.41, 5.74) is 1.78. The molecule has 0 fully saturated rings. The molecule has 1 aromatic carbocycles. The maximum atomic E-state index is 12.7. The molecular weight excluding hydrogens is 326 g/mol. The van der Waals surface area contributed by atoms with Crippen LogP contribution in [0, 0.1) is 0 Å². The molecule has 1 aliphatic heterocycles. The molecule has 3 rings (SSSR count). The number of aryl methyl sites for hydroxylation is 1. The molecule has 1 amide bonds. The van der Waals surface area contributed by atoms with E-state index in [-0.39, 0.29) is 17.4 Å². The lowest BCUT2D eigenvalue weighted by molar-refractivity contribution is -0.122. The monoisotopic (exact) mass is 353 g/mol. The molecule has 1 aromatic heterocycles. The number of benzene rings is 1. The third-order valence-electron chi connectivity index (χ3n) is 5.03. The van der Waals surface area contributed by atoms with Gasteiger partial charge < -0.3 is 5.32 Å². The Morgan fingerprint density at radius 1 is 1.23 bits per heavy atom. The van der Waals surface area contributed by atoms with Gasteiger partial charge in [0.2, 0.25) is 5.91 Å². The van der Waals surface area contributed by atoms with Gasteiger partial charge in [0.15, 0.2) is 0 Å². The molecule has 0 aliphatic carbocycles. The minimum absolute atomic E-state index is 0.0255. The number of carbonyl (C=O) groups is 1. The van der Waals surface area contributed by atoms with Gasteiger partial charge in [-0.05, 0) is 31.2 Å². The number of hydrogen-bond acceptors (Lipinski definition) is 3. The van der Waals surface area contributed by atoms with Crippen molar-refractivity contribution in [1.82, 2.24) is 14.9 Å². The fraction of sp³-hybridized carbons (Fsp3) is 0.476. The van der Waals surface area contributed by atoms with Gasteiger partial charge in [-0.2, -0.15) is 0 Å². The lowest BCUT2D eigenvalue weighted by Gasteiger charge is -2.17. The zero-order chi connectivity index (χ0) is 18.4. The summed E-state index contributed by atoms with van der Waals surface area (Å²) < 4.78 is 1.77. The topological polar surface area (TPSA) is 64.0 Å². The number of hydrogen-bond donors (Lipinski definition) is 1. The van der Waals surface area contributed by atoms with Gasteiger partial charge in [-0.25, -0.2) is 4.98 Å². The summed E-state index contributed by atoms with van der Waals surface area (Å²) in [5, 5.41) is 3.00. The van der Waals surface area contributed by atoms with E-state index in [4.69, 9.17) is 4.98 Å². The Morgan fingerprint density at radius 2 is 2.04 bits per heavy atom. The van der Waals surface area contributed by atoms with E-state index in [1.54, 1.807) is 10.6 Å². The Kier molecular flexibility index (Phi) is 6.21. The molecule has 2 heterocycles. The highest BCUT2D eigenvalue weighted by Gasteiger charge is 2.22. The predicted octanol–water partition coefficient (Wildman–Crippen LogP) is 2.82. The molecule has 0 bridgehead atoms.